The molecule has 1 heterocycles. The van der Waals surface area contributed by atoms with E-state index >= 15 is 0 Å². The Morgan fingerprint density at radius 3 is 2.63 bits per heavy atom. The van der Waals surface area contributed by atoms with Crippen molar-refractivity contribution in [1.82, 2.24) is 9.55 Å². The number of rotatable bonds is 6. The largest absolute Gasteiger partial charge is 0.486 e. The van der Waals surface area contributed by atoms with Crippen molar-refractivity contribution in [3.05, 3.63) is 48.0 Å². The fourth-order valence-electron chi connectivity index (χ4n) is 1.81. The highest BCUT2D eigenvalue weighted by Crippen LogP contribution is 2.15. The molecule has 2 aromatic rings. The first-order chi connectivity index (χ1) is 9.15. The van der Waals surface area contributed by atoms with Crippen LogP contribution in [0.4, 0.5) is 0 Å². The molecule has 0 spiro atoms. The molecule has 4 heteroatoms. The number of imidazole rings is 1. The molecule has 1 atom stereocenters. The van der Waals surface area contributed by atoms with Gasteiger partial charge in [0.15, 0.2) is 0 Å². The molecule has 0 saturated carbocycles. The Bertz CT molecular complexity index is 503. The summed E-state index contributed by atoms with van der Waals surface area (Å²) in [5, 5.41) is 9.25. The smallest absolute Gasteiger partial charge is 0.146 e. The van der Waals surface area contributed by atoms with E-state index < -0.39 is 0 Å². The molecule has 0 amide bonds. The van der Waals surface area contributed by atoms with Gasteiger partial charge in [-0.1, -0.05) is 12.1 Å². The molecule has 2 rings (SSSR count). The van der Waals surface area contributed by atoms with Crippen LogP contribution in [0, 0.1) is 0 Å². The van der Waals surface area contributed by atoms with E-state index in [4.69, 9.17) is 4.74 Å². The number of aliphatic hydroxyl groups is 1. The highest BCUT2D eigenvalue weighted by Gasteiger charge is 2.02. The van der Waals surface area contributed by atoms with Gasteiger partial charge in [0.25, 0.3) is 0 Å². The van der Waals surface area contributed by atoms with Gasteiger partial charge in [0, 0.05) is 19.4 Å². The maximum atomic E-state index is 9.25. The number of aryl methyl sites for hydroxylation is 2. The molecule has 0 radical (unpaired) electrons. The fourth-order valence-corrected chi connectivity index (χ4v) is 1.81. The maximum Gasteiger partial charge on any atom is 0.146 e. The third kappa shape index (κ3) is 4.10. The number of benzene rings is 1. The van der Waals surface area contributed by atoms with Crippen molar-refractivity contribution in [2.75, 3.05) is 0 Å². The first-order valence-corrected chi connectivity index (χ1v) is 6.51. The van der Waals surface area contributed by atoms with Crippen LogP contribution in [0.1, 0.15) is 24.7 Å². The maximum absolute atomic E-state index is 9.25. The zero-order valence-corrected chi connectivity index (χ0v) is 11.4. The summed E-state index contributed by atoms with van der Waals surface area (Å²) in [6.45, 7) is 2.28. The molecule has 1 N–H and O–H groups in total. The second-order valence-electron chi connectivity index (χ2n) is 4.77. The van der Waals surface area contributed by atoms with Crippen LogP contribution in [0.5, 0.6) is 5.75 Å². The Labute approximate surface area is 113 Å². The summed E-state index contributed by atoms with van der Waals surface area (Å²) in [5.41, 5.74) is 1.21. The van der Waals surface area contributed by atoms with Gasteiger partial charge in [0.2, 0.25) is 0 Å². The highest BCUT2D eigenvalue weighted by atomic mass is 16.5. The van der Waals surface area contributed by atoms with Gasteiger partial charge in [-0.25, -0.2) is 4.98 Å². The molecule has 4 nitrogen and oxygen atoms in total. The Hall–Kier alpha value is -1.81. The molecule has 1 unspecified atom stereocenters. The Morgan fingerprint density at radius 1 is 1.32 bits per heavy atom. The lowest BCUT2D eigenvalue weighted by Crippen LogP contribution is -2.03. The Balaban J connectivity index is 1.86. The predicted molar refractivity (Wildman–Crippen MR) is 74.0 cm³/mol. The van der Waals surface area contributed by atoms with Crippen molar-refractivity contribution in [1.29, 1.82) is 0 Å². The second-order valence-corrected chi connectivity index (χ2v) is 4.77. The summed E-state index contributed by atoms with van der Waals surface area (Å²) < 4.78 is 7.62. The minimum Gasteiger partial charge on any atom is -0.486 e. The lowest BCUT2D eigenvalue weighted by Gasteiger charge is -2.08. The zero-order valence-electron chi connectivity index (χ0n) is 11.4. The van der Waals surface area contributed by atoms with Crippen molar-refractivity contribution in [2.24, 2.45) is 7.05 Å². The van der Waals surface area contributed by atoms with E-state index in [9.17, 15) is 5.11 Å². The van der Waals surface area contributed by atoms with Gasteiger partial charge in [0.1, 0.15) is 18.2 Å². The molecule has 102 valence electrons. The molecule has 0 aliphatic rings. The highest BCUT2D eigenvalue weighted by molar-refractivity contribution is 5.27. The SMILES string of the molecule is CC(O)CCc1ccc(OCc2nccn2C)cc1. The van der Waals surface area contributed by atoms with Crippen molar-refractivity contribution in [2.45, 2.75) is 32.5 Å². The van der Waals surface area contributed by atoms with Gasteiger partial charge in [-0.15, -0.1) is 0 Å². The summed E-state index contributed by atoms with van der Waals surface area (Å²) >= 11 is 0. The van der Waals surface area contributed by atoms with Gasteiger partial charge >= 0.3 is 0 Å². The quantitative estimate of drug-likeness (QED) is 0.867. The fraction of sp³-hybridized carbons (Fsp3) is 0.400. The summed E-state index contributed by atoms with van der Waals surface area (Å²) in [5.74, 6) is 1.74. The number of aromatic nitrogens is 2. The Kier molecular flexibility index (Phi) is 4.58. The molecule has 1 aromatic carbocycles. The third-order valence-electron chi connectivity index (χ3n) is 3.06. The molecule has 0 saturated heterocycles. The van der Waals surface area contributed by atoms with Crippen LogP contribution in [-0.2, 0) is 20.1 Å². The molecule has 1 aromatic heterocycles. The molecular weight excluding hydrogens is 240 g/mol. The normalized spacial score (nSPS) is 12.4. The molecular formula is C15H20N2O2. The van der Waals surface area contributed by atoms with Crippen LogP contribution in [0.3, 0.4) is 0 Å². The lowest BCUT2D eigenvalue weighted by molar-refractivity contribution is 0.185. The molecule has 0 bridgehead atoms. The Morgan fingerprint density at radius 2 is 2.05 bits per heavy atom. The summed E-state index contributed by atoms with van der Waals surface area (Å²) in [4.78, 5) is 4.21. The molecule has 0 fully saturated rings. The number of ether oxygens (including phenoxy) is 1. The van der Waals surface area contributed by atoms with E-state index in [2.05, 4.69) is 4.98 Å². The van der Waals surface area contributed by atoms with Crippen molar-refractivity contribution < 1.29 is 9.84 Å². The van der Waals surface area contributed by atoms with E-state index in [0.29, 0.717) is 6.61 Å². The van der Waals surface area contributed by atoms with Gasteiger partial charge in [0.05, 0.1) is 6.10 Å². The van der Waals surface area contributed by atoms with E-state index in [1.165, 1.54) is 5.56 Å². The van der Waals surface area contributed by atoms with Crippen LogP contribution < -0.4 is 4.74 Å². The van der Waals surface area contributed by atoms with Crippen LogP contribution in [-0.4, -0.2) is 20.8 Å². The molecule has 19 heavy (non-hydrogen) atoms. The minimum atomic E-state index is -0.251. The van der Waals surface area contributed by atoms with E-state index in [-0.39, 0.29) is 6.10 Å². The van der Waals surface area contributed by atoms with Gasteiger partial charge in [-0.05, 0) is 37.5 Å². The van der Waals surface area contributed by atoms with Crippen LogP contribution in [0.2, 0.25) is 0 Å². The van der Waals surface area contributed by atoms with Crippen molar-refractivity contribution in [3.8, 4) is 5.75 Å². The first-order valence-electron chi connectivity index (χ1n) is 6.51. The first kappa shape index (κ1) is 13.6. The summed E-state index contributed by atoms with van der Waals surface area (Å²) in [7, 11) is 1.95. The third-order valence-corrected chi connectivity index (χ3v) is 3.06. The van der Waals surface area contributed by atoms with Gasteiger partial charge < -0.3 is 14.4 Å². The van der Waals surface area contributed by atoms with E-state index in [1.54, 1.807) is 6.20 Å². The number of hydrogen-bond donors (Lipinski definition) is 1. The van der Waals surface area contributed by atoms with Gasteiger partial charge in [-0.2, -0.15) is 0 Å². The van der Waals surface area contributed by atoms with E-state index in [1.807, 2.05) is 49.0 Å². The minimum absolute atomic E-state index is 0.251. The number of nitrogens with zero attached hydrogens (tertiary/aromatic N) is 2. The predicted octanol–water partition coefficient (Wildman–Crippen LogP) is 2.31. The van der Waals surface area contributed by atoms with Crippen LogP contribution in [0.25, 0.3) is 0 Å². The standard InChI is InChI=1S/C15H20N2O2/c1-12(18)3-4-13-5-7-14(8-6-13)19-11-15-16-9-10-17(15)2/h5-10,12,18H,3-4,11H2,1-2H3. The number of aliphatic hydroxyl groups excluding tert-OH is 1. The lowest BCUT2D eigenvalue weighted by atomic mass is 10.1. The zero-order chi connectivity index (χ0) is 13.7. The monoisotopic (exact) mass is 260 g/mol. The summed E-state index contributed by atoms with van der Waals surface area (Å²) in [6.07, 6.45) is 5.08. The van der Waals surface area contributed by atoms with Gasteiger partial charge in [-0.3, -0.25) is 0 Å². The second kappa shape index (κ2) is 6.38. The van der Waals surface area contributed by atoms with Crippen molar-refractivity contribution in [3.63, 3.8) is 0 Å². The molecule has 0 aliphatic heterocycles. The topological polar surface area (TPSA) is 47.3 Å². The van der Waals surface area contributed by atoms with Crippen molar-refractivity contribution >= 4 is 0 Å². The average Bonchev–Trinajstić information content (AvgIpc) is 2.81. The van der Waals surface area contributed by atoms with E-state index in [0.717, 1.165) is 24.4 Å². The van der Waals surface area contributed by atoms with Crippen LogP contribution in [0.15, 0.2) is 36.7 Å². The average molecular weight is 260 g/mol. The summed E-state index contributed by atoms with van der Waals surface area (Å²) in [6, 6.07) is 7.99. The van der Waals surface area contributed by atoms with Crippen LogP contribution >= 0.6 is 0 Å². The molecule has 0 aliphatic carbocycles. The number of hydrogen-bond acceptors (Lipinski definition) is 3.